The summed E-state index contributed by atoms with van der Waals surface area (Å²) >= 11 is 1.47. The molecule has 1 N–H and O–H groups in total. The number of rotatable bonds is 3. The van der Waals surface area contributed by atoms with E-state index in [0.29, 0.717) is 10.6 Å². The Kier molecular flexibility index (Phi) is 4.26. The number of nitriles is 1. The van der Waals surface area contributed by atoms with Gasteiger partial charge in [-0.2, -0.15) is 5.26 Å². The standard InChI is InChI=1S/C21H15N3OS/c1-25-16-8-10-18-15(11-16)7-9-19(23-18)17(12-22)21-24-20(13-26-21)14-5-3-2-4-6-14/h2-11,13,23H,1H3/b19-17-. The number of allylic oxidation sites excluding steroid dienone is 2. The Balaban J connectivity index is 1.70. The molecule has 0 aliphatic carbocycles. The fraction of sp³-hybridized carbons (Fsp3) is 0.0476. The molecule has 0 unspecified atom stereocenters. The van der Waals surface area contributed by atoms with Crippen molar-refractivity contribution in [3.8, 4) is 23.1 Å². The van der Waals surface area contributed by atoms with Crippen LogP contribution in [-0.4, -0.2) is 12.1 Å². The molecule has 4 nitrogen and oxygen atoms in total. The summed E-state index contributed by atoms with van der Waals surface area (Å²) in [5.41, 5.74) is 5.17. The second-order valence-corrected chi connectivity index (χ2v) is 6.57. The first kappa shape index (κ1) is 16.1. The Morgan fingerprint density at radius 1 is 1.15 bits per heavy atom. The summed E-state index contributed by atoms with van der Waals surface area (Å²) in [6.45, 7) is 0. The zero-order chi connectivity index (χ0) is 17.9. The summed E-state index contributed by atoms with van der Waals surface area (Å²) in [4.78, 5) is 4.65. The number of nitrogens with one attached hydrogen (secondary N) is 1. The summed E-state index contributed by atoms with van der Waals surface area (Å²) in [6.07, 6.45) is 3.89. The van der Waals surface area contributed by atoms with Crippen LogP contribution in [0.15, 0.2) is 65.7 Å². The van der Waals surface area contributed by atoms with E-state index in [1.807, 2.05) is 66.1 Å². The molecule has 1 aliphatic rings. The van der Waals surface area contributed by atoms with E-state index in [1.165, 1.54) is 11.3 Å². The van der Waals surface area contributed by atoms with Gasteiger partial charge in [0.1, 0.15) is 22.4 Å². The van der Waals surface area contributed by atoms with Crippen LogP contribution in [0.5, 0.6) is 5.75 Å². The fourth-order valence-corrected chi connectivity index (χ4v) is 3.62. The van der Waals surface area contributed by atoms with E-state index in [0.717, 1.165) is 34.0 Å². The Morgan fingerprint density at radius 2 is 2.00 bits per heavy atom. The van der Waals surface area contributed by atoms with Crippen molar-refractivity contribution in [3.05, 3.63) is 76.3 Å². The van der Waals surface area contributed by atoms with Gasteiger partial charge in [0, 0.05) is 22.2 Å². The number of thiazole rings is 1. The van der Waals surface area contributed by atoms with Crippen LogP contribution in [0.2, 0.25) is 0 Å². The number of methoxy groups -OCH3 is 1. The molecule has 0 radical (unpaired) electrons. The van der Waals surface area contributed by atoms with E-state index in [-0.39, 0.29) is 0 Å². The summed E-state index contributed by atoms with van der Waals surface area (Å²) in [5.74, 6) is 0.801. The quantitative estimate of drug-likeness (QED) is 0.655. The van der Waals surface area contributed by atoms with Gasteiger partial charge in [-0.1, -0.05) is 36.4 Å². The highest BCUT2D eigenvalue weighted by atomic mass is 32.1. The lowest BCUT2D eigenvalue weighted by Crippen LogP contribution is -2.05. The summed E-state index contributed by atoms with van der Waals surface area (Å²) < 4.78 is 5.26. The molecule has 26 heavy (non-hydrogen) atoms. The summed E-state index contributed by atoms with van der Waals surface area (Å²) in [5, 5.41) is 15.7. The van der Waals surface area contributed by atoms with Crippen LogP contribution in [0.1, 0.15) is 10.6 Å². The van der Waals surface area contributed by atoms with Gasteiger partial charge in [0.05, 0.1) is 18.5 Å². The third-order valence-electron chi connectivity index (χ3n) is 4.13. The number of nitrogens with zero attached hydrogens (tertiary/aromatic N) is 2. The maximum Gasteiger partial charge on any atom is 0.136 e. The topological polar surface area (TPSA) is 57.9 Å². The van der Waals surface area contributed by atoms with Gasteiger partial charge >= 0.3 is 0 Å². The minimum atomic E-state index is 0.537. The van der Waals surface area contributed by atoms with Crippen LogP contribution < -0.4 is 10.1 Å². The molecule has 0 bridgehead atoms. The molecule has 0 spiro atoms. The summed E-state index contributed by atoms with van der Waals surface area (Å²) in [6, 6.07) is 18.1. The number of hydrogen-bond acceptors (Lipinski definition) is 5. The van der Waals surface area contributed by atoms with Crippen LogP contribution in [0.25, 0.3) is 22.9 Å². The Labute approximate surface area is 155 Å². The van der Waals surface area contributed by atoms with E-state index < -0.39 is 0 Å². The van der Waals surface area contributed by atoms with Crippen molar-refractivity contribution in [2.45, 2.75) is 0 Å². The van der Waals surface area contributed by atoms with E-state index in [2.05, 4.69) is 16.4 Å². The molecule has 0 saturated carbocycles. The molecule has 126 valence electrons. The predicted molar refractivity (Wildman–Crippen MR) is 106 cm³/mol. The predicted octanol–water partition coefficient (Wildman–Crippen LogP) is 5.19. The van der Waals surface area contributed by atoms with Gasteiger partial charge in [-0.15, -0.1) is 11.3 Å². The fourth-order valence-electron chi connectivity index (χ4n) is 2.78. The molecule has 4 rings (SSSR count). The second kappa shape index (κ2) is 6.87. The van der Waals surface area contributed by atoms with Gasteiger partial charge in [0.2, 0.25) is 0 Å². The molecule has 2 heterocycles. The number of anilines is 1. The van der Waals surface area contributed by atoms with Gasteiger partial charge < -0.3 is 10.1 Å². The van der Waals surface area contributed by atoms with Crippen molar-refractivity contribution < 1.29 is 4.74 Å². The molecule has 0 amide bonds. The van der Waals surface area contributed by atoms with E-state index in [4.69, 9.17) is 4.74 Å². The van der Waals surface area contributed by atoms with Crippen molar-refractivity contribution in [3.63, 3.8) is 0 Å². The van der Waals surface area contributed by atoms with Gasteiger partial charge in [-0.25, -0.2) is 4.98 Å². The monoisotopic (exact) mass is 357 g/mol. The highest BCUT2D eigenvalue weighted by Gasteiger charge is 2.16. The zero-order valence-corrected chi connectivity index (χ0v) is 14.9. The van der Waals surface area contributed by atoms with Crippen molar-refractivity contribution in [1.82, 2.24) is 4.98 Å². The molecule has 5 heteroatoms. The highest BCUT2D eigenvalue weighted by Crippen LogP contribution is 2.33. The van der Waals surface area contributed by atoms with Crippen molar-refractivity contribution in [1.29, 1.82) is 5.26 Å². The number of benzene rings is 2. The first-order valence-corrected chi connectivity index (χ1v) is 8.95. The lowest BCUT2D eigenvalue weighted by Gasteiger charge is -2.17. The molecule has 1 aromatic heterocycles. The van der Waals surface area contributed by atoms with Crippen LogP contribution in [0.4, 0.5) is 5.69 Å². The van der Waals surface area contributed by atoms with Crippen molar-refractivity contribution in [2.24, 2.45) is 0 Å². The van der Waals surface area contributed by atoms with Crippen molar-refractivity contribution >= 4 is 28.7 Å². The highest BCUT2D eigenvalue weighted by molar-refractivity contribution is 7.11. The number of fused-ring (bicyclic) bond motifs is 1. The molecule has 1 aliphatic heterocycles. The average molecular weight is 357 g/mol. The molecular weight excluding hydrogens is 342 g/mol. The number of hydrogen-bond donors (Lipinski definition) is 1. The molecule has 0 atom stereocenters. The van der Waals surface area contributed by atoms with Gasteiger partial charge in [-0.05, 0) is 24.3 Å². The first-order valence-electron chi connectivity index (χ1n) is 8.07. The van der Waals surface area contributed by atoms with Crippen LogP contribution >= 0.6 is 11.3 Å². The minimum Gasteiger partial charge on any atom is -0.497 e. The molecular formula is C21H15N3OS. The first-order chi connectivity index (χ1) is 12.8. The third kappa shape index (κ3) is 2.99. The maximum absolute atomic E-state index is 9.71. The summed E-state index contributed by atoms with van der Waals surface area (Å²) in [7, 11) is 1.65. The smallest absolute Gasteiger partial charge is 0.136 e. The lowest BCUT2D eigenvalue weighted by atomic mass is 10.1. The van der Waals surface area contributed by atoms with Crippen molar-refractivity contribution in [2.75, 3.05) is 12.4 Å². The minimum absolute atomic E-state index is 0.537. The second-order valence-electron chi connectivity index (χ2n) is 5.72. The van der Waals surface area contributed by atoms with Gasteiger partial charge in [0.15, 0.2) is 0 Å². The molecule has 0 saturated heterocycles. The Bertz CT molecular complexity index is 1060. The molecule has 0 fully saturated rings. The normalized spacial score (nSPS) is 14.2. The van der Waals surface area contributed by atoms with Crippen LogP contribution in [0.3, 0.4) is 0 Å². The van der Waals surface area contributed by atoms with Crippen LogP contribution in [-0.2, 0) is 0 Å². The average Bonchev–Trinajstić information content (AvgIpc) is 3.18. The van der Waals surface area contributed by atoms with Gasteiger partial charge in [0.25, 0.3) is 0 Å². The third-order valence-corrected chi connectivity index (χ3v) is 4.99. The van der Waals surface area contributed by atoms with E-state index in [1.54, 1.807) is 7.11 Å². The van der Waals surface area contributed by atoms with Crippen LogP contribution in [0, 0.1) is 11.3 Å². The maximum atomic E-state index is 9.71. The van der Waals surface area contributed by atoms with E-state index >= 15 is 0 Å². The lowest BCUT2D eigenvalue weighted by molar-refractivity contribution is 0.415. The largest absolute Gasteiger partial charge is 0.497 e. The SMILES string of the molecule is COc1ccc2c(c1)C=C/C(=C(\C#N)c1nc(-c3ccccc3)cs1)N2. The Morgan fingerprint density at radius 3 is 2.77 bits per heavy atom. The Hall–Kier alpha value is -3.36. The van der Waals surface area contributed by atoms with E-state index in [9.17, 15) is 5.26 Å². The number of aromatic nitrogens is 1. The van der Waals surface area contributed by atoms with Gasteiger partial charge in [-0.3, -0.25) is 0 Å². The number of ether oxygens (including phenoxy) is 1. The molecule has 3 aromatic rings. The molecule has 2 aromatic carbocycles. The zero-order valence-electron chi connectivity index (χ0n) is 14.1.